The average molecular weight is 441 g/mol. The fraction of sp³-hybridized carbons (Fsp3) is 0.615. The quantitative estimate of drug-likeness (QED) is 0.736. The van der Waals surface area contributed by atoms with Crippen molar-refractivity contribution in [2.75, 3.05) is 19.6 Å². The van der Waals surface area contributed by atoms with Crippen LogP contribution in [0.3, 0.4) is 0 Å². The Balaban J connectivity index is 1.51. The molecule has 1 aromatic heterocycles. The molecule has 1 amide bonds. The number of benzene rings is 1. The molecule has 1 saturated heterocycles. The molecule has 1 spiro atoms. The summed E-state index contributed by atoms with van der Waals surface area (Å²) in [5.41, 5.74) is 3.90. The number of rotatable bonds is 4. The van der Waals surface area contributed by atoms with Crippen molar-refractivity contribution in [3.63, 3.8) is 0 Å². The number of halogens is 1. The van der Waals surface area contributed by atoms with Crippen molar-refractivity contribution in [2.45, 2.75) is 71.3 Å². The largest absolute Gasteiger partial charge is 0.344 e. The second-order valence-corrected chi connectivity index (χ2v) is 11.0. The number of aryl methyl sites for hydroxylation is 2. The monoisotopic (exact) mass is 440 g/mol. The van der Waals surface area contributed by atoms with E-state index in [1.165, 1.54) is 12.5 Å². The van der Waals surface area contributed by atoms with Gasteiger partial charge in [0.2, 0.25) is 0 Å². The molecule has 0 saturated carbocycles. The molecule has 1 fully saturated rings. The number of likely N-dealkylation sites (tertiary alicyclic amines) is 1. The van der Waals surface area contributed by atoms with Crippen LogP contribution in [0.2, 0.25) is 0 Å². The molecule has 6 heteroatoms. The number of amides is 1. The Morgan fingerprint density at radius 1 is 1.22 bits per heavy atom. The van der Waals surface area contributed by atoms with Crippen molar-refractivity contribution in [1.29, 1.82) is 0 Å². The maximum absolute atomic E-state index is 14.4. The number of nitrogens with one attached hydrogen (secondary N) is 1. The lowest BCUT2D eigenvalue weighted by Gasteiger charge is -2.47. The minimum atomic E-state index is -0.189. The first-order valence-corrected chi connectivity index (χ1v) is 11.9. The second-order valence-electron chi connectivity index (χ2n) is 11.0. The summed E-state index contributed by atoms with van der Waals surface area (Å²) in [6.07, 6.45) is 5.13. The highest BCUT2D eigenvalue weighted by atomic mass is 19.1. The molecule has 2 aliphatic rings. The van der Waals surface area contributed by atoms with Crippen LogP contribution in [0.5, 0.6) is 0 Å². The van der Waals surface area contributed by atoms with Gasteiger partial charge in [-0.3, -0.25) is 9.48 Å². The second kappa shape index (κ2) is 8.62. The topological polar surface area (TPSA) is 50.2 Å². The molecule has 0 radical (unpaired) electrons. The van der Waals surface area contributed by atoms with Crippen LogP contribution in [0.15, 0.2) is 24.3 Å². The first-order chi connectivity index (χ1) is 15.1. The third-order valence-corrected chi connectivity index (χ3v) is 7.52. The summed E-state index contributed by atoms with van der Waals surface area (Å²) < 4.78 is 16.1. The Morgan fingerprint density at radius 3 is 2.56 bits per heavy atom. The van der Waals surface area contributed by atoms with Gasteiger partial charge in [0.1, 0.15) is 11.5 Å². The zero-order chi connectivity index (χ0) is 23.1. The number of piperidine rings is 1. The maximum Gasteiger partial charge on any atom is 0.272 e. The van der Waals surface area contributed by atoms with Crippen LogP contribution in [-0.4, -0.2) is 40.2 Å². The molecule has 1 atom stereocenters. The fourth-order valence-electron chi connectivity index (χ4n) is 5.27. The van der Waals surface area contributed by atoms with Crippen molar-refractivity contribution in [3.05, 3.63) is 52.6 Å². The summed E-state index contributed by atoms with van der Waals surface area (Å²) in [6, 6.07) is 6.83. The third-order valence-electron chi connectivity index (χ3n) is 7.52. The van der Waals surface area contributed by atoms with E-state index in [-0.39, 0.29) is 23.2 Å². The molecule has 1 aromatic carbocycles. The molecule has 2 heterocycles. The van der Waals surface area contributed by atoms with Gasteiger partial charge in [0, 0.05) is 12.7 Å². The van der Waals surface area contributed by atoms with E-state index >= 15 is 0 Å². The zero-order valence-corrected chi connectivity index (χ0v) is 20.2. The first kappa shape index (κ1) is 23.0. The van der Waals surface area contributed by atoms with Gasteiger partial charge in [0.15, 0.2) is 0 Å². The van der Waals surface area contributed by atoms with E-state index in [2.05, 4.69) is 36.1 Å². The summed E-state index contributed by atoms with van der Waals surface area (Å²) in [4.78, 5) is 15.4. The van der Waals surface area contributed by atoms with E-state index in [9.17, 15) is 9.18 Å². The Kier molecular flexibility index (Phi) is 6.19. The molecular weight excluding hydrogens is 403 g/mol. The maximum atomic E-state index is 14.4. The lowest BCUT2D eigenvalue weighted by molar-refractivity contribution is 0.0908. The number of carbonyl (C=O) groups excluding carboxylic acids is 1. The van der Waals surface area contributed by atoms with E-state index < -0.39 is 0 Å². The number of aromatic nitrogens is 2. The first-order valence-electron chi connectivity index (χ1n) is 11.9. The van der Waals surface area contributed by atoms with Crippen molar-refractivity contribution in [3.8, 4) is 0 Å². The smallest absolute Gasteiger partial charge is 0.272 e. The molecule has 1 aliphatic heterocycles. The number of nitrogens with zero attached hydrogens (tertiary/aromatic N) is 3. The summed E-state index contributed by atoms with van der Waals surface area (Å²) in [5, 5.41) is 7.48. The summed E-state index contributed by atoms with van der Waals surface area (Å²) in [7, 11) is 1.84. The fourth-order valence-corrected chi connectivity index (χ4v) is 5.27. The molecule has 4 rings (SSSR count). The van der Waals surface area contributed by atoms with Crippen LogP contribution in [0.1, 0.15) is 86.2 Å². The Hall–Kier alpha value is -2.21. The van der Waals surface area contributed by atoms with E-state index in [1.54, 1.807) is 16.8 Å². The highest BCUT2D eigenvalue weighted by Gasteiger charge is 2.42. The Morgan fingerprint density at radius 2 is 1.94 bits per heavy atom. The van der Waals surface area contributed by atoms with Gasteiger partial charge in [-0.15, -0.1) is 0 Å². The minimum absolute atomic E-state index is 0.0124. The summed E-state index contributed by atoms with van der Waals surface area (Å²) >= 11 is 0. The number of hydrogen-bond acceptors (Lipinski definition) is 3. The van der Waals surface area contributed by atoms with Crippen molar-refractivity contribution >= 4 is 5.91 Å². The van der Waals surface area contributed by atoms with E-state index in [4.69, 9.17) is 0 Å². The molecule has 0 bridgehead atoms. The molecule has 2 aromatic rings. The summed E-state index contributed by atoms with van der Waals surface area (Å²) in [6.45, 7) is 12.0. The van der Waals surface area contributed by atoms with Gasteiger partial charge < -0.3 is 10.2 Å². The lowest BCUT2D eigenvalue weighted by atomic mass is 9.63. The molecule has 5 nitrogen and oxygen atoms in total. The molecule has 1 N–H and O–H groups in total. The normalized spacial score (nSPS) is 20.9. The number of hydrogen-bond donors (Lipinski definition) is 1. The predicted molar refractivity (Wildman–Crippen MR) is 125 cm³/mol. The van der Waals surface area contributed by atoms with E-state index in [1.807, 2.05) is 20.0 Å². The molecule has 0 unspecified atom stereocenters. The van der Waals surface area contributed by atoms with Gasteiger partial charge in [-0.25, -0.2) is 4.39 Å². The van der Waals surface area contributed by atoms with Crippen LogP contribution in [-0.2, 0) is 12.5 Å². The van der Waals surface area contributed by atoms with Crippen molar-refractivity contribution < 1.29 is 9.18 Å². The van der Waals surface area contributed by atoms with Gasteiger partial charge in [0.25, 0.3) is 5.91 Å². The third kappa shape index (κ3) is 4.75. The number of carbonyl (C=O) groups is 1. The van der Waals surface area contributed by atoms with E-state index in [0.29, 0.717) is 11.1 Å². The molecular formula is C26H37FN4O. The SMILES string of the molecule is Cc1cc(C(=O)N[C@@H]2CCC3(CCN(CCC(C)(C)C)CC3)c3cc(F)ccc32)nn1C. The van der Waals surface area contributed by atoms with Gasteiger partial charge in [0.05, 0.1) is 6.04 Å². The Labute approximate surface area is 191 Å². The molecule has 174 valence electrons. The van der Waals surface area contributed by atoms with Crippen LogP contribution in [0.25, 0.3) is 0 Å². The van der Waals surface area contributed by atoms with Gasteiger partial charge in [-0.1, -0.05) is 26.8 Å². The highest BCUT2D eigenvalue weighted by molar-refractivity contribution is 5.92. The standard InChI is InChI=1S/C26H37FN4O/c1-18-16-23(29-30(18)5)24(32)28-22-8-9-26(21-17-19(27)6-7-20(21)22)11-14-31(15-12-26)13-10-25(2,3)4/h6-7,16-17,22H,8-15H2,1-5H3,(H,28,32)/t22-/m1/s1. The van der Waals surface area contributed by atoms with Crippen molar-refractivity contribution in [2.24, 2.45) is 12.5 Å². The van der Waals surface area contributed by atoms with Crippen LogP contribution in [0.4, 0.5) is 4.39 Å². The van der Waals surface area contributed by atoms with Crippen LogP contribution in [0, 0.1) is 18.2 Å². The Bertz CT molecular complexity index is 963. The van der Waals surface area contributed by atoms with Crippen molar-refractivity contribution in [1.82, 2.24) is 20.0 Å². The lowest BCUT2D eigenvalue weighted by Crippen LogP contribution is -2.46. The predicted octanol–water partition coefficient (Wildman–Crippen LogP) is 4.90. The highest BCUT2D eigenvalue weighted by Crippen LogP contribution is 2.48. The molecule has 1 aliphatic carbocycles. The average Bonchev–Trinajstić information content (AvgIpc) is 3.08. The van der Waals surface area contributed by atoms with Crippen LogP contribution < -0.4 is 5.32 Å². The van der Waals surface area contributed by atoms with Gasteiger partial charge >= 0.3 is 0 Å². The summed E-state index contributed by atoms with van der Waals surface area (Å²) in [5.74, 6) is -0.354. The zero-order valence-electron chi connectivity index (χ0n) is 20.2. The van der Waals surface area contributed by atoms with E-state index in [0.717, 1.165) is 62.1 Å². The number of fused-ring (bicyclic) bond motifs is 2. The minimum Gasteiger partial charge on any atom is -0.344 e. The van der Waals surface area contributed by atoms with Crippen LogP contribution >= 0.6 is 0 Å². The molecule has 32 heavy (non-hydrogen) atoms. The van der Waals surface area contributed by atoms with Gasteiger partial charge in [-0.05, 0) is 98.8 Å². The van der Waals surface area contributed by atoms with Gasteiger partial charge in [-0.2, -0.15) is 5.10 Å².